The summed E-state index contributed by atoms with van der Waals surface area (Å²) in [5, 5.41) is 9.48. The highest BCUT2D eigenvalue weighted by Gasteiger charge is 2.35. The summed E-state index contributed by atoms with van der Waals surface area (Å²) in [7, 11) is 2.10. The van der Waals surface area contributed by atoms with Crippen molar-refractivity contribution >= 4 is 29.2 Å². The maximum atomic E-state index is 14.7. The highest BCUT2D eigenvalue weighted by atomic mass is 32.2. The largest absolute Gasteiger partial charge is 0.462 e. The lowest BCUT2D eigenvalue weighted by molar-refractivity contribution is -0.131. The first-order valence-electron chi connectivity index (χ1n) is 15.0. The number of rotatable bonds is 7. The van der Waals surface area contributed by atoms with Crippen molar-refractivity contribution in [1.29, 1.82) is 5.26 Å². The van der Waals surface area contributed by atoms with Crippen molar-refractivity contribution in [3.05, 3.63) is 47.2 Å². The molecule has 0 bridgehead atoms. The summed E-state index contributed by atoms with van der Waals surface area (Å²) in [5.41, 5.74) is 3.95. The van der Waals surface area contributed by atoms with E-state index in [1.165, 1.54) is 10.5 Å². The monoisotopic (exact) mass is 609 g/mol. The number of amides is 1. The minimum Gasteiger partial charge on any atom is -0.462 e. The lowest BCUT2D eigenvalue weighted by atomic mass is 10.00. The fraction of sp³-hybridized carbons (Fsp3) is 0.548. The number of carbonyl (C=O) groups excluding carboxylic acids is 1. The quantitative estimate of drug-likeness (QED) is 0.431. The molecule has 43 heavy (non-hydrogen) atoms. The fourth-order valence-corrected chi connectivity index (χ4v) is 7.81. The molecule has 0 unspecified atom stereocenters. The molecule has 0 spiro atoms. The van der Waals surface area contributed by atoms with Crippen LogP contribution in [0.3, 0.4) is 0 Å². The molecule has 2 atom stereocenters. The van der Waals surface area contributed by atoms with Gasteiger partial charge >= 0.3 is 6.01 Å². The van der Waals surface area contributed by atoms with Gasteiger partial charge in [0, 0.05) is 48.4 Å². The average Bonchev–Trinajstić information content (AvgIpc) is 3.42. The molecule has 2 fully saturated rings. The minimum atomic E-state index is -1.03. The van der Waals surface area contributed by atoms with Crippen molar-refractivity contribution in [3.63, 3.8) is 0 Å². The van der Waals surface area contributed by atoms with Gasteiger partial charge in [0.1, 0.15) is 18.2 Å². The van der Waals surface area contributed by atoms with Crippen LogP contribution < -0.4 is 14.5 Å². The van der Waals surface area contributed by atoms with Gasteiger partial charge in [-0.3, -0.25) is 4.79 Å². The third kappa shape index (κ3) is 6.15. The van der Waals surface area contributed by atoms with Crippen LogP contribution in [0.5, 0.6) is 6.01 Å². The molecule has 1 aromatic carbocycles. The Labute approximate surface area is 255 Å². The van der Waals surface area contributed by atoms with Gasteiger partial charge in [0.15, 0.2) is 5.83 Å². The van der Waals surface area contributed by atoms with Crippen molar-refractivity contribution in [2.24, 2.45) is 0 Å². The zero-order chi connectivity index (χ0) is 30.1. The molecule has 2 saturated heterocycles. The molecule has 0 saturated carbocycles. The number of piperazine rings is 1. The SMILES string of the molecule is C=C(F)C(=O)N1CCN(c2nc(OC[C@@H]3CCCN3C)nc3c2CCN(c2cc(F)cc4c2CCCS4)C3)C[C@@H]1CC#N. The van der Waals surface area contributed by atoms with E-state index in [0.29, 0.717) is 51.3 Å². The Bertz CT molecular complexity index is 1450. The lowest BCUT2D eigenvalue weighted by Crippen LogP contribution is -2.55. The van der Waals surface area contributed by atoms with Gasteiger partial charge in [-0.05, 0) is 69.1 Å². The molecule has 9 nitrogen and oxygen atoms in total. The number of ether oxygens (including phenoxy) is 1. The Morgan fingerprint density at radius 1 is 1.14 bits per heavy atom. The van der Waals surface area contributed by atoms with E-state index in [9.17, 15) is 18.8 Å². The van der Waals surface area contributed by atoms with Crippen LogP contribution in [0.2, 0.25) is 0 Å². The van der Waals surface area contributed by atoms with Crippen molar-refractivity contribution < 1.29 is 18.3 Å². The topological polar surface area (TPSA) is 88.8 Å². The summed E-state index contributed by atoms with van der Waals surface area (Å²) in [4.78, 5) is 31.3. The normalized spacial score (nSPS) is 22.1. The van der Waals surface area contributed by atoms with Gasteiger partial charge in [-0.1, -0.05) is 6.58 Å². The van der Waals surface area contributed by atoms with Gasteiger partial charge in [-0.2, -0.15) is 15.2 Å². The van der Waals surface area contributed by atoms with Crippen LogP contribution in [-0.4, -0.2) is 89.9 Å². The number of hydrogen-bond donors (Lipinski definition) is 0. The predicted molar refractivity (Wildman–Crippen MR) is 162 cm³/mol. The Hall–Kier alpha value is -3.43. The van der Waals surface area contributed by atoms with Gasteiger partial charge in [-0.25, -0.2) is 8.78 Å². The molecule has 2 aromatic rings. The predicted octanol–water partition coefficient (Wildman–Crippen LogP) is 4.10. The fourth-order valence-electron chi connectivity index (χ4n) is 6.72. The second-order valence-corrected chi connectivity index (χ2v) is 12.9. The molecular weight excluding hydrogens is 572 g/mol. The third-order valence-electron chi connectivity index (χ3n) is 9.02. The summed E-state index contributed by atoms with van der Waals surface area (Å²) in [6, 6.07) is 5.51. The summed E-state index contributed by atoms with van der Waals surface area (Å²) < 4.78 is 34.7. The first kappa shape index (κ1) is 29.6. The Morgan fingerprint density at radius 3 is 2.77 bits per heavy atom. The van der Waals surface area contributed by atoms with Gasteiger partial charge in [0.2, 0.25) is 0 Å². The smallest absolute Gasteiger partial charge is 0.318 e. The average molecular weight is 610 g/mol. The number of thioether (sulfide) groups is 1. The van der Waals surface area contributed by atoms with Gasteiger partial charge in [-0.15, -0.1) is 11.8 Å². The second-order valence-electron chi connectivity index (χ2n) is 11.7. The number of carbonyl (C=O) groups is 1. The highest BCUT2D eigenvalue weighted by Crippen LogP contribution is 2.40. The summed E-state index contributed by atoms with van der Waals surface area (Å²) in [5.74, 6) is -0.306. The van der Waals surface area contributed by atoms with Crippen molar-refractivity contribution in [2.75, 3.05) is 61.9 Å². The molecule has 228 valence electrons. The molecule has 1 aromatic heterocycles. The number of likely N-dealkylation sites (N-methyl/N-ethyl adjacent to an activating group) is 1. The van der Waals surface area contributed by atoms with Gasteiger partial charge in [0.05, 0.1) is 30.8 Å². The van der Waals surface area contributed by atoms with E-state index in [1.54, 1.807) is 23.9 Å². The van der Waals surface area contributed by atoms with Crippen LogP contribution >= 0.6 is 11.8 Å². The van der Waals surface area contributed by atoms with E-state index in [2.05, 4.69) is 34.4 Å². The standard InChI is InChI=1S/C31H37F2N7O2S/c1-20(32)30(41)40-13-12-39(17-22(40)7-9-34)29-24-8-11-38(27-15-21(33)16-28-25(27)6-4-14-43-28)18-26(24)35-31(36-29)42-19-23-5-3-10-37(23)2/h15-16,22-23H,1,3-8,10-14,17-19H2,2H3/t22-,23-/m0/s1. The molecular formula is C31H37F2N7O2S. The van der Waals surface area contributed by atoms with E-state index in [0.717, 1.165) is 65.6 Å². The molecule has 0 N–H and O–H groups in total. The van der Waals surface area contributed by atoms with E-state index in [-0.39, 0.29) is 18.8 Å². The van der Waals surface area contributed by atoms with E-state index in [1.807, 2.05) is 0 Å². The molecule has 5 heterocycles. The molecule has 4 aliphatic heterocycles. The number of nitriles is 1. The first-order valence-corrected chi connectivity index (χ1v) is 16.0. The molecule has 12 heteroatoms. The summed E-state index contributed by atoms with van der Waals surface area (Å²) in [6.45, 7) is 6.85. The lowest BCUT2D eigenvalue weighted by Gasteiger charge is -2.42. The molecule has 1 amide bonds. The third-order valence-corrected chi connectivity index (χ3v) is 10.2. The Kier molecular flexibility index (Phi) is 8.73. The molecule has 0 aliphatic carbocycles. The number of hydrogen-bond acceptors (Lipinski definition) is 9. The zero-order valence-electron chi connectivity index (χ0n) is 24.5. The molecule has 4 aliphatic rings. The van der Waals surface area contributed by atoms with Crippen LogP contribution in [0.25, 0.3) is 0 Å². The maximum Gasteiger partial charge on any atom is 0.318 e. The van der Waals surface area contributed by atoms with Crippen molar-refractivity contribution in [3.8, 4) is 12.1 Å². The Balaban J connectivity index is 1.32. The van der Waals surface area contributed by atoms with E-state index < -0.39 is 17.8 Å². The molecule has 0 radical (unpaired) electrons. The van der Waals surface area contributed by atoms with Crippen LogP contribution in [-0.2, 0) is 24.2 Å². The van der Waals surface area contributed by atoms with E-state index >= 15 is 0 Å². The van der Waals surface area contributed by atoms with Crippen molar-refractivity contribution in [1.82, 2.24) is 19.8 Å². The summed E-state index contributed by atoms with van der Waals surface area (Å²) in [6.07, 6.45) is 4.88. The maximum absolute atomic E-state index is 14.7. The number of fused-ring (bicyclic) bond motifs is 2. The summed E-state index contributed by atoms with van der Waals surface area (Å²) >= 11 is 1.71. The number of halogens is 2. The minimum absolute atomic E-state index is 0.0661. The Morgan fingerprint density at radius 2 is 2.00 bits per heavy atom. The number of anilines is 2. The van der Waals surface area contributed by atoms with Crippen LogP contribution in [0.1, 0.15) is 42.5 Å². The molecule has 6 rings (SSSR count). The van der Waals surface area contributed by atoms with Crippen LogP contribution in [0.15, 0.2) is 29.4 Å². The van der Waals surface area contributed by atoms with Gasteiger partial charge in [0.25, 0.3) is 5.91 Å². The number of likely N-dealkylation sites (tertiary alicyclic amines) is 1. The number of aromatic nitrogens is 2. The van der Waals surface area contributed by atoms with Crippen molar-refractivity contribution in [2.45, 2.75) is 62.0 Å². The number of benzene rings is 1. The van der Waals surface area contributed by atoms with Gasteiger partial charge < -0.3 is 24.3 Å². The first-order chi connectivity index (χ1) is 20.8. The van der Waals surface area contributed by atoms with Crippen LogP contribution in [0, 0.1) is 17.1 Å². The highest BCUT2D eigenvalue weighted by molar-refractivity contribution is 7.99. The van der Waals surface area contributed by atoms with E-state index in [4.69, 9.17) is 14.7 Å². The second kappa shape index (κ2) is 12.7. The number of nitrogens with zero attached hydrogens (tertiary/aromatic N) is 7. The van der Waals surface area contributed by atoms with Crippen LogP contribution in [0.4, 0.5) is 20.3 Å². The zero-order valence-corrected chi connectivity index (χ0v) is 25.3.